The number of sulfone groups is 1. The Hall–Kier alpha value is -1.31. The minimum Gasteiger partial charge on any atom is -0.469 e. The molecule has 1 aliphatic rings. The molecule has 0 radical (unpaired) electrons. The van der Waals surface area contributed by atoms with E-state index in [1.54, 1.807) is 20.9 Å². The minimum absolute atomic E-state index is 0.153. The third-order valence-corrected chi connectivity index (χ3v) is 6.66. The highest BCUT2D eigenvalue weighted by Crippen LogP contribution is 2.23. The highest BCUT2D eigenvalue weighted by atomic mass is 32.2. The summed E-state index contributed by atoms with van der Waals surface area (Å²) >= 11 is 0. The van der Waals surface area contributed by atoms with Gasteiger partial charge in [0.05, 0.1) is 17.6 Å². The predicted octanol–water partition coefficient (Wildman–Crippen LogP) is 0.804. The Morgan fingerprint density at radius 1 is 1.30 bits per heavy atom. The van der Waals surface area contributed by atoms with Crippen LogP contribution in [0.5, 0.6) is 0 Å². The number of carbonyl (C=O) groups excluding carboxylic acids is 1. The van der Waals surface area contributed by atoms with Gasteiger partial charge in [0.1, 0.15) is 0 Å². The van der Waals surface area contributed by atoms with Crippen LogP contribution in [0.25, 0.3) is 0 Å². The SMILES string of the molecule is CN=C(NCCCCCC(=O)OC)N1CCS(=O)(=O)C(C)(C)C1. The number of guanidine groups is 1. The Bertz CT molecular complexity index is 529. The highest BCUT2D eigenvalue weighted by molar-refractivity contribution is 7.92. The van der Waals surface area contributed by atoms with Crippen molar-refractivity contribution in [2.24, 2.45) is 4.99 Å². The van der Waals surface area contributed by atoms with E-state index in [2.05, 4.69) is 15.0 Å². The molecule has 7 nitrogen and oxygen atoms in total. The molecular weight excluding hydrogens is 318 g/mol. The lowest BCUT2D eigenvalue weighted by atomic mass is 10.2. The zero-order chi connectivity index (χ0) is 17.5. The number of ether oxygens (including phenoxy) is 1. The molecule has 0 aromatic heterocycles. The van der Waals surface area contributed by atoms with Crippen LogP contribution in [-0.2, 0) is 19.4 Å². The first-order chi connectivity index (χ1) is 10.7. The molecule has 23 heavy (non-hydrogen) atoms. The van der Waals surface area contributed by atoms with Crippen LogP contribution in [0.1, 0.15) is 39.5 Å². The number of carbonyl (C=O) groups is 1. The van der Waals surface area contributed by atoms with Crippen molar-refractivity contribution in [2.75, 3.05) is 39.5 Å². The summed E-state index contributed by atoms with van der Waals surface area (Å²) in [7, 11) is 0.0540. The van der Waals surface area contributed by atoms with Crippen LogP contribution < -0.4 is 5.32 Å². The fraction of sp³-hybridized carbons (Fsp3) is 0.867. The maximum Gasteiger partial charge on any atom is 0.305 e. The van der Waals surface area contributed by atoms with Gasteiger partial charge in [-0.3, -0.25) is 9.79 Å². The quantitative estimate of drug-likeness (QED) is 0.331. The number of aliphatic imine (C=N–C) groups is 1. The van der Waals surface area contributed by atoms with Crippen molar-refractivity contribution in [3.8, 4) is 0 Å². The van der Waals surface area contributed by atoms with E-state index in [1.165, 1.54) is 7.11 Å². The molecular formula is C15H29N3O4S. The Kier molecular flexibility index (Phi) is 7.31. The molecule has 1 saturated heterocycles. The van der Waals surface area contributed by atoms with Gasteiger partial charge in [0.15, 0.2) is 15.8 Å². The van der Waals surface area contributed by atoms with Crippen molar-refractivity contribution in [3.05, 3.63) is 0 Å². The minimum atomic E-state index is -3.05. The third kappa shape index (κ3) is 5.67. The molecule has 0 unspecified atom stereocenters. The zero-order valence-corrected chi connectivity index (χ0v) is 15.4. The summed E-state index contributed by atoms with van der Waals surface area (Å²) in [5.41, 5.74) is 0. The predicted molar refractivity (Wildman–Crippen MR) is 91.3 cm³/mol. The van der Waals surface area contributed by atoms with Crippen molar-refractivity contribution < 1.29 is 17.9 Å². The smallest absolute Gasteiger partial charge is 0.305 e. The van der Waals surface area contributed by atoms with Gasteiger partial charge in [-0.15, -0.1) is 0 Å². The molecule has 0 aromatic rings. The summed E-state index contributed by atoms with van der Waals surface area (Å²) in [5, 5.41) is 3.27. The topological polar surface area (TPSA) is 88.1 Å². The molecule has 0 spiro atoms. The molecule has 1 fully saturated rings. The number of rotatable bonds is 6. The van der Waals surface area contributed by atoms with Gasteiger partial charge >= 0.3 is 5.97 Å². The molecule has 1 aliphatic heterocycles. The van der Waals surface area contributed by atoms with Crippen LogP contribution >= 0.6 is 0 Å². The molecule has 0 bridgehead atoms. The van der Waals surface area contributed by atoms with Gasteiger partial charge in [-0.05, 0) is 26.7 Å². The van der Waals surface area contributed by atoms with Crippen molar-refractivity contribution >= 4 is 21.8 Å². The van der Waals surface area contributed by atoms with Crippen molar-refractivity contribution in [3.63, 3.8) is 0 Å². The van der Waals surface area contributed by atoms with E-state index >= 15 is 0 Å². The van der Waals surface area contributed by atoms with Gasteiger partial charge in [-0.25, -0.2) is 8.42 Å². The van der Waals surface area contributed by atoms with E-state index in [0.717, 1.165) is 31.8 Å². The Morgan fingerprint density at radius 3 is 2.57 bits per heavy atom. The summed E-state index contributed by atoms with van der Waals surface area (Å²) in [6, 6.07) is 0. The van der Waals surface area contributed by atoms with E-state index in [9.17, 15) is 13.2 Å². The Labute approximate surface area is 139 Å². The monoisotopic (exact) mass is 347 g/mol. The number of methoxy groups -OCH3 is 1. The summed E-state index contributed by atoms with van der Waals surface area (Å²) in [5.74, 6) is 0.714. The first kappa shape index (κ1) is 19.7. The lowest BCUT2D eigenvalue weighted by Crippen LogP contribution is -2.57. The molecule has 0 aromatic carbocycles. The highest BCUT2D eigenvalue weighted by Gasteiger charge is 2.40. The average molecular weight is 347 g/mol. The van der Waals surface area contributed by atoms with Crippen molar-refractivity contribution in [2.45, 2.75) is 44.3 Å². The largest absolute Gasteiger partial charge is 0.469 e. The number of hydrogen-bond acceptors (Lipinski definition) is 5. The van der Waals surface area contributed by atoms with Gasteiger partial charge in [0.2, 0.25) is 0 Å². The molecule has 1 heterocycles. The van der Waals surface area contributed by atoms with Crippen LogP contribution in [0.15, 0.2) is 4.99 Å². The first-order valence-corrected chi connectivity index (χ1v) is 9.63. The molecule has 134 valence electrons. The number of nitrogens with one attached hydrogen (secondary N) is 1. The zero-order valence-electron chi connectivity index (χ0n) is 14.6. The van der Waals surface area contributed by atoms with E-state index in [4.69, 9.17) is 0 Å². The first-order valence-electron chi connectivity index (χ1n) is 7.98. The van der Waals surface area contributed by atoms with Crippen molar-refractivity contribution in [1.82, 2.24) is 10.2 Å². The maximum atomic E-state index is 12.0. The lowest BCUT2D eigenvalue weighted by molar-refractivity contribution is -0.140. The number of nitrogens with zero attached hydrogens (tertiary/aromatic N) is 2. The van der Waals surface area contributed by atoms with Crippen molar-refractivity contribution in [1.29, 1.82) is 0 Å². The summed E-state index contributed by atoms with van der Waals surface area (Å²) in [6.45, 7) is 5.17. The molecule has 8 heteroatoms. The molecule has 1 rings (SSSR count). The maximum absolute atomic E-state index is 12.0. The molecule has 0 amide bonds. The van der Waals surface area contributed by atoms with Gasteiger partial charge < -0.3 is 15.0 Å². The van der Waals surface area contributed by atoms with Gasteiger partial charge in [0, 0.05) is 33.1 Å². The normalized spacial score (nSPS) is 20.2. The van der Waals surface area contributed by atoms with E-state index in [1.807, 2.05) is 4.90 Å². The summed E-state index contributed by atoms with van der Waals surface area (Å²) in [6.07, 6.45) is 3.11. The fourth-order valence-corrected chi connectivity index (χ4v) is 3.90. The average Bonchev–Trinajstić information content (AvgIpc) is 2.49. The third-order valence-electron chi connectivity index (χ3n) is 4.12. The Morgan fingerprint density at radius 2 is 2.00 bits per heavy atom. The van der Waals surface area contributed by atoms with Crippen LogP contribution in [0, 0.1) is 0 Å². The number of unbranched alkanes of at least 4 members (excludes halogenated alkanes) is 2. The van der Waals surface area contributed by atoms with Crippen LogP contribution in [0.3, 0.4) is 0 Å². The molecule has 0 aliphatic carbocycles. The Balaban J connectivity index is 2.37. The van der Waals surface area contributed by atoms with E-state index in [-0.39, 0.29) is 11.7 Å². The number of hydrogen-bond donors (Lipinski definition) is 1. The summed E-state index contributed by atoms with van der Waals surface area (Å²) in [4.78, 5) is 17.2. The second-order valence-electron chi connectivity index (χ2n) is 6.36. The second kappa shape index (κ2) is 8.52. The van der Waals surface area contributed by atoms with E-state index in [0.29, 0.717) is 19.5 Å². The molecule has 0 atom stereocenters. The van der Waals surface area contributed by atoms with Gasteiger partial charge in [-0.2, -0.15) is 0 Å². The molecule has 0 saturated carbocycles. The standard InChI is InChI=1S/C15H29N3O4S/c1-15(2)12-18(10-11-23(15,20)21)14(16-3)17-9-7-5-6-8-13(19)22-4/h5-12H2,1-4H3,(H,16,17). The fourth-order valence-electron chi connectivity index (χ4n) is 2.53. The lowest BCUT2D eigenvalue weighted by Gasteiger charge is -2.39. The van der Waals surface area contributed by atoms with Gasteiger partial charge in [-0.1, -0.05) is 6.42 Å². The van der Waals surface area contributed by atoms with Gasteiger partial charge in [0.25, 0.3) is 0 Å². The number of esters is 1. The molecule has 1 N–H and O–H groups in total. The van der Waals surface area contributed by atoms with Crippen LogP contribution in [-0.4, -0.2) is 69.5 Å². The summed E-state index contributed by atoms with van der Waals surface area (Å²) < 4.78 is 27.9. The second-order valence-corrected chi connectivity index (χ2v) is 9.10. The van der Waals surface area contributed by atoms with Crippen LogP contribution in [0.2, 0.25) is 0 Å². The van der Waals surface area contributed by atoms with E-state index < -0.39 is 14.6 Å². The van der Waals surface area contributed by atoms with Crippen LogP contribution in [0.4, 0.5) is 0 Å².